The van der Waals surface area contributed by atoms with Crippen molar-refractivity contribution in [3.63, 3.8) is 0 Å². The maximum absolute atomic E-state index is 13.0. The van der Waals surface area contributed by atoms with Gasteiger partial charge in [0.05, 0.1) is 0 Å². The number of amides is 1. The number of halogens is 1. The molecular formula is C20H19FN4O2. The second kappa shape index (κ2) is 8.23. The fraction of sp³-hybridized carbons (Fsp3) is 0.200. The van der Waals surface area contributed by atoms with Gasteiger partial charge < -0.3 is 20.2 Å². The van der Waals surface area contributed by atoms with Crippen LogP contribution >= 0.6 is 0 Å². The first-order valence-electron chi connectivity index (χ1n) is 8.52. The van der Waals surface area contributed by atoms with Crippen molar-refractivity contribution in [1.82, 2.24) is 4.90 Å². The van der Waals surface area contributed by atoms with E-state index in [0.717, 1.165) is 5.69 Å². The van der Waals surface area contributed by atoms with Crippen molar-refractivity contribution >= 4 is 17.3 Å². The maximum Gasteiger partial charge on any atom is 0.266 e. The van der Waals surface area contributed by atoms with E-state index in [-0.39, 0.29) is 23.0 Å². The molecule has 3 rings (SSSR count). The van der Waals surface area contributed by atoms with Crippen LogP contribution in [-0.2, 0) is 4.79 Å². The van der Waals surface area contributed by atoms with Gasteiger partial charge in [-0.15, -0.1) is 0 Å². The van der Waals surface area contributed by atoms with Crippen LogP contribution in [0.25, 0.3) is 0 Å². The van der Waals surface area contributed by atoms with E-state index in [9.17, 15) is 19.6 Å². The quantitative estimate of drug-likeness (QED) is 0.642. The van der Waals surface area contributed by atoms with Gasteiger partial charge in [0.15, 0.2) is 0 Å². The second-order valence-electron chi connectivity index (χ2n) is 6.12. The average molecular weight is 366 g/mol. The molecule has 27 heavy (non-hydrogen) atoms. The van der Waals surface area contributed by atoms with Crippen LogP contribution in [0.5, 0.6) is 5.75 Å². The van der Waals surface area contributed by atoms with Gasteiger partial charge in [-0.25, -0.2) is 4.39 Å². The Morgan fingerprint density at radius 1 is 1.15 bits per heavy atom. The van der Waals surface area contributed by atoms with Gasteiger partial charge in [-0.1, -0.05) is 6.07 Å². The number of rotatable bonds is 4. The molecular weight excluding hydrogens is 347 g/mol. The van der Waals surface area contributed by atoms with Crippen molar-refractivity contribution < 1.29 is 14.3 Å². The van der Waals surface area contributed by atoms with Crippen molar-refractivity contribution in [3.05, 3.63) is 66.1 Å². The number of carbonyl (C=O) groups is 1. The third-order valence-corrected chi connectivity index (χ3v) is 4.34. The first-order valence-corrected chi connectivity index (χ1v) is 8.52. The van der Waals surface area contributed by atoms with Crippen molar-refractivity contribution in [2.45, 2.75) is 0 Å². The fourth-order valence-electron chi connectivity index (χ4n) is 2.88. The predicted octanol–water partition coefficient (Wildman–Crippen LogP) is 2.70. The minimum Gasteiger partial charge on any atom is -0.508 e. The molecule has 2 aromatic carbocycles. The van der Waals surface area contributed by atoms with E-state index in [1.165, 1.54) is 30.5 Å². The van der Waals surface area contributed by atoms with Crippen LogP contribution < -0.4 is 10.2 Å². The molecule has 1 saturated heterocycles. The van der Waals surface area contributed by atoms with Gasteiger partial charge in [-0.05, 0) is 36.4 Å². The Balaban J connectivity index is 1.60. The fourth-order valence-corrected chi connectivity index (χ4v) is 2.88. The van der Waals surface area contributed by atoms with Gasteiger partial charge in [0.1, 0.15) is 23.2 Å². The van der Waals surface area contributed by atoms with E-state index >= 15 is 0 Å². The van der Waals surface area contributed by atoms with Gasteiger partial charge in [-0.2, -0.15) is 5.26 Å². The van der Waals surface area contributed by atoms with Gasteiger partial charge in [0.2, 0.25) is 0 Å². The summed E-state index contributed by atoms with van der Waals surface area (Å²) in [5, 5.41) is 21.6. The molecule has 1 fully saturated rings. The number of carbonyl (C=O) groups excluding carboxylic acids is 1. The number of aromatic hydroxyl groups is 1. The number of hydrogen-bond donors (Lipinski definition) is 2. The molecule has 2 aromatic rings. The van der Waals surface area contributed by atoms with Gasteiger partial charge >= 0.3 is 0 Å². The summed E-state index contributed by atoms with van der Waals surface area (Å²) in [5.74, 6) is -0.533. The third kappa shape index (κ3) is 4.55. The van der Waals surface area contributed by atoms with Gasteiger partial charge in [-0.3, -0.25) is 4.79 Å². The molecule has 1 aliphatic heterocycles. The van der Waals surface area contributed by atoms with E-state index in [0.29, 0.717) is 31.9 Å². The van der Waals surface area contributed by atoms with Crippen LogP contribution in [0.2, 0.25) is 0 Å². The number of nitrogens with zero attached hydrogens (tertiary/aromatic N) is 3. The number of piperazine rings is 1. The molecule has 138 valence electrons. The highest BCUT2D eigenvalue weighted by molar-refractivity contribution is 5.97. The minimum absolute atomic E-state index is 0.00595. The zero-order valence-corrected chi connectivity index (χ0v) is 14.6. The molecule has 0 saturated carbocycles. The highest BCUT2D eigenvalue weighted by Gasteiger charge is 2.23. The molecule has 1 aliphatic rings. The molecule has 0 spiro atoms. The third-order valence-electron chi connectivity index (χ3n) is 4.34. The standard InChI is InChI=1S/C20H19FN4O2/c21-16-4-6-18(7-5-16)24-8-10-25(11-9-24)20(27)15(13-22)14-23-17-2-1-3-19(26)12-17/h1-7,12,14,23,26H,8-11H2/b15-14-. The summed E-state index contributed by atoms with van der Waals surface area (Å²) in [4.78, 5) is 16.3. The van der Waals surface area contributed by atoms with E-state index in [1.807, 2.05) is 6.07 Å². The van der Waals surface area contributed by atoms with Crippen LogP contribution in [0.3, 0.4) is 0 Å². The lowest BCUT2D eigenvalue weighted by Crippen LogP contribution is -2.49. The van der Waals surface area contributed by atoms with Crippen molar-refractivity contribution in [1.29, 1.82) is 5.26 Å². The summed E-state index contributed by atoms with van der Waals surface area (Å²) in [6.07, 6.45) is 1.35. The summed E-state index contributed by atoms with van der Waals surface area (Å²) in [6.45, 7) is 2.16. The minimum atomic E-state index is -0.344. The molecule has 1 amide bonds. The normalized spacial score (nSPS) is 14.6. The number of phenols is 1. The number of anilines is 2. The molecule has 0 aliphatic carbocycles. The SMILES string of the molecule is N#C/C(=C/Nc1cccc(O)c1)C(=O)N1CCN(c2ccc(F)cc2)CC1. The molecule has 0 atom stereocenters. The lowest BCUT2D eigenvalue weighted by atomic mass is 10.2. The Bertz CT molecular complexity index is 882. The van der Waals surface area contributed by atoms with Gasteiger partial charge in [0.25, 0.3) is 5.91 Å². The number of nitriles is 1. The van der Waals surface area contributed by atoms with Crippen molar-refractivity contribution in [3.8, 4) is 11.8 Å². The summed E-state index contributed by atoms with van der Waals surface area (Å²) in [5.41, 5.74) is 1.48. The first kappa shape index (κ1) is 18.3. The van der Waals surface area contributed by atoms with Crippen LogP contribution in [0.1, 0.15) is 0 Å². The van der Waals surface area contributed by atoms with Crippen LogP contribution in [0, 0.1) is 17.1 Å². The van der Waals surface area contributed by atoms with E-state index in [4.69, 9.17) is 0 Å². The Morgan fingerprint density at radius 3 is 2.48 bits per heavy atom. The first-order chi connectivity index (χ1) is 13.1. The highest BCUT2D eigenvalue weighted by atomic mass is 19.1. The summed E-state index contributed by atoms with van der Waals surface area (Å²) in [6, 6.07) is 14.6. The Labute approximate surface area is 156 Å². The zero-order chi connectivity index (χ0) is 19.2. The largest absolute Gasteiger partial charge is 0.508 e. The average Bonchev–Trinajstić information content (AvgIpc) is 2.69. The van der Waals surface area contributed by atoms with Crippen molar-refractivity contribution in [2.75, 3.05) is 36.4 Å². The Kier molecular flexibility index (Phi) is 5.57. The second-order valence-corrected chi connectivity index (χ2v) is 6.12. The van der Waals surface area contributed by atoms with Crippen LogP contribution in [0.15, 0.2) is 60.3 Å². The summed E-state index contributed by atoms with van der Waals surface area (Å²) in [7, 11) is 0. The number of hydrogen-bond acceptors (Lipinski definition) is 5. The van der Waals surface area contributed by atoms with E-state index < -0.39 is 0 Å². The summed E-state index contributed by atoms with van der Waals surface area (Å²) < 4.78 is 13.0. The van der Waals surface area contributed by atoms with Crippen molar-refractivity contribution in [2.24, 2.45) is 0 Å². The topological polar surface area (TPSA) is 79.6 Å². The molecule has 7 heteroatoms. The van der Waals surface area contributed by atoms with E-state index in [2.05, 4.69) is 10.2 Å². The predicted molar refractivity (Wildman–Crippen MR) is 101 cm³/mol. The molecule has 1 heterocycles. The maximum atomic E-state index is 13.0. The van der Waals surface area contributed by atoms with Crippen LogP contribution in [0.4, 0.5) is 15.8 Å². The van der Waals surface area contributed by atoms with E-state index in [1.54, 1.807) is 29.2 Å². The molecule has 2 N–H and O–H groups in total. The number of phenolic OH excluding ortho intramolecular Hbond substituents is 1. The Morgan fingerprint density at radius 2 is 1.85 bits per heavy atom. The molecule has 0 bridgehead atoms. The monoisotopic (exact) mass is 366 g/mol. The molecule has 0 unspecified atom stereocenters. The zero-order valence-electron chi connectivity index (χ0n) is 14.6. The smallest absolute Gasteiger partial charge is 0.266 e. The highest BCUT2D eigenvalue weighted by Crippen LogP contribution is 2.18. The number of nitrogens with one attached hydrogen (secondary N) is 1. The lowest BCUT2D eigenvalue weighted by molar-refractivity contribution is -0.127. The van der Waals surface area contributed by atoms with Gasteiger partial charge in [0, 0.05) is 49.8 Å². The molecule has 0 radical (unpaired) electrons. The molecule has 6 nitrogen and oxygen atoms in total. The molecule has 0 aromatic heterocycles. The number of benzene rings is 2. The summed E-state index contributed by atoms with van der Waals surface area (Å²) >= 11 is 0. The van der Waals surface area contributed by atoms with Crippen LogP contribution in [-0.4, -0.2) is 42.1 Å². The Hall–Kier alpha value is -3.53. The lowest BCUT2D eigenvalue weighted by Gasteiger charge is -2.36.